The van der Waals surface area contributed by atoms with Crippen molar-refractivity contribution in [3.05, 3.63) is 25.5 Å². The number of aromatic nitrogens is 1. The summed E-state index contributed by atoms with van der Waals surface area (Å²) < 4.78 is 25.0. The minimum Gasteiger partial charge on any atom is -0.237 e. The minimum absolute atomic E-state index is 0.158. The molecule has 0 fully saturated rings. The summed E-state index contributed by atoms with van der Waals surface area (Å²) in [4.78, 5) is 3.58. The van der Waals surface area contributed by atoms with Gasteiger partial charge in [0.15, 0.2) is 0 Å². The van der Waals surface area contributed by atoms with Gasteiger partial charge < -0.3 is 0 Å². The number of hydrogen-bond acceptors (Lipinski definition) is 2. The summed E-state index contributed by atoms with van der Waals surface area (Å²) in [6.07, 6.45) is -2.61. The highest BCUT2D eigenvalue weighted by Gasteiger charge is 2.16. The van der Waals surface area contributed by atoms with Gasteiger partial charge in [-0.25, -0.2) is 13.8 Å². The third kappa shape index (κ3) is 2.34. The van der Waals surface area contributed by atoms with Crippen LogP contribution in [0.15, 0.2) is 10.7 Å². The second kappa shape index (κ2) is 4.28. The molecular formula is C7H2BrF2IN2. The Morgan fingerprint density at radius 2 is 2.23 bits per heavy atom. The normalized spacial score (nSPS) is 10.2. The van der Waals surface area contributed by atoms with Gasteiger partial charge in [0.25, 0.3) is 6.43 Å². The van der Waals surface area contributed by atoms with Crippen LogP contribution < -0.4 is 0 Å². The first-order chi connectivity index (χ1) is 6.06. The van der Waals surface area contributed by atoms with Crippen molar-refractivity contribution in [1.82, 2.24) is 4.98 Å². The molecule has 0 aliphatic rings. The minimum atomic E-state index is -2.61. The average Bonchev–Trinajstić information content (AvgIpc) is 2.07. The van der Waals surface area contributed by atoms with Crippen LogP contribution in [0.2, 0.25) is 0 Å². The summed E-state index contributed by atoms with van der Waals surface area (Å²) >= 11 is 4.67. The van der Waals surface area contributed by atoms with Crippen molar-refractivity contribution in [1.29, 1.82) is 5.26 Å². The van der Waals surface area contributed by atoms with Gasteiger partial charge in [-0.3, -0.25) is 0 Å². The summed E-state index contributed by atoms with van der Waals surface area (Å²) in [5.74, 6) is 0. The second-order valence-corrected chi connectivity index (χ2v) is 4.02. The van der Waals surface area contributed by atoms with Crippen LogP contribution in [0.25, 0.3) is 0 Å². The zero-order valence-corrected chi connectivity index (χ0v) is 9.80. The van der Waals surface area contributed by atoms with Gasteiger partial charge >= 0.3 is 0 Å². The molecule has 0 aliphatic carbocycles. The molecule has 0 saturated heterocycles. The second-order valence-electron chi connectivity index (χ2n) is 2.11. The number of pyridine rings is 1. The fourth-order valence-corrected chi connectivity index (χ4v) is 1.77. The van der Waals surface area contributed by atoms with E-state index in [4.69, 9.17) is 5.26 Å². The van der Waals surface area contributed by atoms with Crippen molar-refractivity contribution in [3.63, 3.8) is 0 Å². The van der Waals surface area contributed by atoms with E-state index in [2.05, 4.69) is 20.9 Å². The molecule has 0 saturated carbocycles. The van der Waals surface area contributed by atoms with Gasteiger partial charge in [0.2, 0.25) is 0 Å². The maximum atomic E-state index is 12.3. The van der Waals surface area contributed by atoms with Gasteiger partial charge in [0.1, 0.15) is 16.4 Å². The summed E-state index contributed by atoms with van der Waals surface area (Å²) in [6.45, 7) is 0. The Morgan fingerprint density at radius 1 is 1.62 bits per heavy atom. The number of rotatable bonds is 1. The Hall–Kier alpha value is -0.290. The molecule has 68 valence electrons. The van der Waals surface area contributed by atoms with E-state index in [-0.39, 0.29) is 15.9 Å². The van der Waals surface area contributed by atoms with Gasteiger partial charge in [-0.15, -0.1) is 0 Å². The zero-order chi connectivity index (χ0) is 10.0. The molecule has 1 rings (SSSR count). The number of nitrogens with zero attached hydrogens (tertiary/aromatic N) is 2. The molecule has 0 aliphatic heterocycles. The molecule has 0 amide bonds. The smallest absolute Gasteiger partial charge is 0.237 e. The fourth-order valence-electron chi connectivity index (χ4n) is 0.711. The van der Waals surface area contributed by atoms with E-state index in [0.717, 1.165) is 0 Å². The highest BCUT2D eigenvalue weighted by atomic mass is 127. The number of alkyl halides is 2. The molecule has 0 N–H and O–H groups in total. The van der Waals surface area contributed by atoms with Crippen molar-refractivity contribution < 1.29 is 8.78 Å². The average molecular weight is 359 g/mol. The number of hydrogen-bond donors (Lipinski definition) is 0. The lowest BCUT2D eigenvalue weighted by molar-refractivity contribution is 0.145. The predicted octanol–water partition coefficient (Wildman–Crippen LogP) is 3.26. The summed E-state index contributed by atoms with van der Waals surface area (Å²) in [5, 5.41) is 8.56. The Labute approximate surface area is 95.2 Å². The van der Waals surface area contributed by atoms with Gasteiger partial charge in [-0.05, 0) is 44.6 Å². The maximum absolute atomic E-state index is 12.3. The number of halogens is 4. The largest absolute Gasteiger partial charge is 0.281 e. The quantitative estimate of drug-likeness (QED) is 0.570. The lowest BCUT2D eigenvalue weighted by atomic mass is 10.3. The molecular weight excluding hydrogens is 357 g/mol. The van der Waals surface area contributed by atoms with E-state index in [1.165, 1.54) is 6.07 Å². The lowest BCUT2D eigenvalue weighted by Gasteiger charge is -2.03. The van der Waals surface area contributed by atoms with E-state index in [0.29, 0.717) is 3.57 Å². The topological polar surface area (TPSA) is 36.7 Å². The Bertz CT molecular complexity index is 375. The number of nitriles is 1. The van der Waals surface area contributed by atoms with Gasteiger partial charge in [0.05, 0.1) is 5.56 Å². The molecule has 2 nitrogen and oxygen atoms in total. The van der Waals surface area contributed by atoms with E-state index in [1.807, 2.05) is 6.07 Å². The van der Waals surface area contributed by atoms with Crippen LogP contribution in [-0.2, 0) is 0 Å². The zero-order valence-electron chi connectivity index (χ0n) is 6.06. The van der Waals surface area contributed by atoms with Crippen LogP contribution >= 0.6 is 38.5 Å². The Kier molecular flexibility index (Phi) is 3.55. The van der Waals surface area contributed by atoms with Gasteiger partial charge in [0, 0.05) is 3.57 Å². The molecule has 0 bridgehead atoms. The van der Waals surface area contributed by atoms with E-state index < -0.39 is 6.43 Å². The molecule has 0 radical (unpaired) electrons. The van der Waals surface area contributed by atoms with Crippen molar-refractivity contribution in [3.8, 4) is 6.07 Å². The van der Waals surface area contributed by atoms with Crippen LogP contribution in [0, 0.1) is 14.9 Å². The summed E-state index contributed by atoms with van der Waals surface area (Å²) in [7, 11) is 0. The highest BCUT2D eigenvalue weighted by Crippen LogP contribution is 2.26. The molecule has 0 spiro atoms. The van der Waals surface area contributed by atoms with E-state index >= 15 is 0 Å². The van der Waals surface area contributed by atoms with Crippen LogP contribution in [-0.4, -0.2) is 4.98 Å². The monoisotopic (exact) mass is 358 g/mol. The maximum Gasteiger partial charge on any atom is 0.281 e. The standard InChI is InChI=1S/C7H2BrF2IN2/c8-6-3(2-12)1-4(11)5(13-6)7(9)10/h1,7H. The van der Waals surface area contributed by atoms with Crippen molar-refractivity contribution in [2.75, 3.05) is 0 Å². The first kappa shape index (κ1) is 10.8. The van der Waals surface area contributed by atoms with Crippen LogP contribution in [0.3, 0.4) is 0 Å². The molecule has 0 unspecified atom stereocenters. The van der Waals surface area contributed by atoms with Crippen LogP contribution in [0.5, 0.6) is 0 Å². The van der Waals surface area contributed by atoms with Gasteiger partial charge in [-0.1, -0.05) is 0 Å². The molecule has 1 aromatic rings. The lowest BCUT2D eigenvalue weighted by Crippen LogP contribution is -1.97. The first-order valence-electron chi connectivity index (χ1n) is 3.10. The van der Waals surface area contributed by atoms with Crippen molar-refractivity contribution >= 4 is 38.5 Å². The fraction of sp³-hybridized carbons (Fsp3) is 0.143. The SMILES string of the molecule is N#Cc1cc(I)c(C(F)F)nc1Br. The molecule has 0 atom stereocenters. The molecule has 1 aromatic heterocycles. The molecule has 0 aromatic carbocycles. The Morgan fingerprint density at radius 3 is 2.69 bits per heavy atom. The third-order valence-corrected chi connectivity index (χ3v) is 2.75. The van der Waals surface area contributed by atoms with Crippen molar-refractivity contribution in [2.24, 2.45) is 0 Å². The van der Waals surface area contributed by atoms with Crippen molar-refractivity contribution in [2.45, 2.75) is 6.43 Å². The predicted molar refractivity (Wildman–Crippen MR) is 54.3 cm³/mol. The van der Waals surface area contributed by atoms with Crippen LogP contribution in [0.4, 0.5) is 8.78 Å². The Balaban J connectivity index is 3.31. The summed E-state index contributed by atoms with van der Waals surface area (Å²) in [6, 6.07) is 3.22. The highest BCUT2D eigenvalue weighted by molar-refractivity contribution is 14.1. The third-order valence-electron chi connectivity index (χ3n) is 1.28. The van der Waals surface area contributed by atoms with Gasteiger partial charge in [-0.2, -0.15) is 5.26 Å². The van der Waals surface area contributed by atoms with E-state index in [9.17, 15) is 8.78 Å². The molecule has 13 heavy (non-hydrogen) atoms. The summed E-state index contributed by atoms with van der Waals surface area (Å²) in [5.41, 5.74) is -0.0414. The van der Waals surface area contributed by atoms with Crippen LogP contribution in [0.1, 0.15) is 17.7 Å². The first-order valence-corrected chi connectivity index (χ1v) is 4.97. The molecule has 6 heteroatoms. The molecule has 1 heterocycles. The van der Waals surface area contributed by atoms with E-state index in [1.54, 1.807) is 22.6 Å².